The minimum Gasteiger partial charge on any atom is -0.504 e. The SMILES string of the molecule is CCOC(=O)C(=O)c1c(CC)ccc(OC)c1O. The molecule has 0 aliphatic carbocycles. The number of phenolic OH excluding ortho intramolecular Hbond substituents is 1. The van der Waals surface area contributed by atoms with Gasteiger partial charge in [-0.3, -0.25) is 4.79 Å². The molecule has 1 aromatic carbocycles. The fraction of sp³-hybridized carbons (Fsp3) is 0.385. The molecule has 0 radical (unpaired) electrons. The molecule has 0 spiro atoms. The summed E-state index contributed by atoms with van der Waals surface area (Å²) >= 11 is 0. The van der Waals surface area contributed by atoms with Gasteiger partial charge < -0.3 is 14.6 Å². The molecule has 0 aliphatic rings. The highest BCUT2D eigenvalue weighted by Crippen LogP contribution is 2.33. The average Bonchev–Trinajstić information content (AvgIpc) is 2.37. The van der Waals surface area contributed by atoms with Gasteiger partial charge in [0.2, 0.25) is 0 Å². The first-order chi connectivity index (χ1) is 8.56. The monoisotopic (exact) mass is 252 g/mol. The number of hydrogen-bond donors (Lipinski definition) is 1. The first kappa shape index (κ1) is 14.0. The minimum absolute atomic E-state index is 0.0460. The van der Waals surface area contributed by atoms with Gasteiger partial charge in [-0.25, -0.2) is 4.79 Å². The number of Topliss-reactive ketones (excluding diaryl/α,β-unsaturated/α-hetero) is 1. The molecule has 0 amide bonds. The van der Waals surface area contributed by atoms with Crippen LogP contribution in [0, 0.1) is 0 Å². The maximum Gasteiger partial charge on any atom is 0.379 e. The molecule has 0 saturated heterocycles. The second-order valence-electron chi connectivity index (χ2n) is 3.55. The van der Waals surface area contributed by atoms with E-state index in [1.165, 1.54) is 7.11 Å². The predicted octanol–water partition coefficient (Wildman–Crippen LogP) is 1.71. The van der Waals surface area contributed by atoms with E-state index in [1.807, 2.05) is 6.92 Å². The van der Waals surface area contributed by atoms with E-state index >= 15 is 0 Å². The largest absolute Gasteiger partial charge is 0.504 e. The first-order valence-corrected chi connectivity index (χ1v) is 5.67. The lowest BCUT2D eigenvalue weighted by Gasteiger charge is -2.11. The van der Waals surface area contributed by atoms with Gasteiger partial charge in [0.15, 0.2) is 11.5 Å². The highest BCUT2D eigenvalue weighted by molar-refractivity contribution is 6.41. The summed E-state index contributed by atoms with van der Waals surface area (Å²) in [5.74, 6) is -2.00. The third-order valence-corrected chi connectivity index (χ3v) is 2.52. The zero-order valence-corrected chi connectivity index (χ0v) is 10.6. The van der Waals surface area contributed by atoms with E-state index in [0.29, 0.717) is 12.0 Å². The summed E-state index contributed by atoms with van der Waals surface area (Å²) in [4.78, 5) is 23.4. The molecule has 0 fully saturated rings. The van der Waals surface area contributed by atoms with Crippen LogP contribution in [-0.4, -0.2) is 30.6 Å². The Morgan fingerprint density at radius 2 is 1.94 bits per heavy atom. The van der Waals surface area contributed by atoms with E-state index in [4.69, 9.17) is 4.74 Å². The Morgan fingerprint density at radius 3 is 2.44 bits per heavy atom. The Bertz CT molecular complexity index is 465. The summed E-state index contributed by atoms with van der Waals surface area (Å²) in [5.41, 5.74) is 0.529. The third kappa shape index (κ3) is 2.61. The van der Waals surface area contributed by atoms with Crippen LogP contribution in [0.3, 0.4) is 0 Å². The number of phenols is 1. The van der Waals surface area contributed by atoms with E-state index in [0.717, 1.165) is 0 Å². The van der Waals surface area contributed by atoms with Gasteiger partial charge in [-0.2, -0.15) is 0 Å². The molecule has 1 N–H and O–H groups in total. The van der Waals surface area contributed by atoms with Crippen molar-refractivity contribution in [1.82, 2.24) is 0 Å². The molecule has 1 aromatic rings. The zero-order chi connectivity index (χ0) is 13.7. The summed E-state index contributed by atoms with van der Waals surface area (Å²) in [7, 11) is 1.37. The van der Waals surface area contributed by atoms with Crippen molar-refractivity contribution >= 4 is 11.8 Å². The lowest BCUT2D eigenvalue weighted by Crippen LogP contribution is -2.19. The van der Waals surface area contributed by atoms with Crippen LogP contribution in [-0.2, 0) is 16.0 Å². The van der Waals surface area contributed by atoms with Crippen LogP contribution in [0.25, 0.3) is 0 Å². The van der Waals surface area contributed by atoms with Crippen molar-refractivity contribution in [2.24, 2.45) is 0 Å². The van der Waals surface area contributed by atoms with Crippen LogP contribution in [0.15, 0.2) is 12.1 Å². The van der Waals surface area contributed by atoms with Gasteiger partial charge in [0.05, 0.1) is 19.3 Å². The zero-order valence-electron chi connectivity index (χ0n) is 10.6. The Kier molecular flexibility index (Phi) is 4.71. The summed E-state index contributed by atoms with van der Waals surface area (Å²) in [6.45, 7) is 3.54. The standard InChI is InChI=1S/C13H16O5/c1-4-8-6-7-9(17-3)11(14)10(8)12(15)13(16)18-5-2/h6-7,14H,4-5H2,1-3H3. The molecule has 0 atom stereocenters. The second kappa shape index (κ2) is 6.05. The van der Waals surface area contributed by atoms with Crippen molar-refractivity contribution in [1.29, 1.82) is 0 Å². The number of hydrogen-bond acceptors (Lipinski definition) is 5. The molecular weight excluding hydrogens is 236 g/mol. The van der Waals surface area contributed by atoms with Gasteiger partial charge in [0.25, 0.3) is 5.78 Å². The number of aromatic hydroxyl groups is 1. The molecule has 0 bridgehead atoms. The van der Waals surface area contributed by atoms with Crippen molar-refractivity contribution in [2.45, 2.75) is 20.3 Å². The molecule has 0 unspecified atom stereocenters. The number of rotatable bonds is 5. The second-order valence-corrected chi connectivity index (χ2v) is 3.55. The van der Waals surface area contributed by atoms with Crippen LogP contribution in [0.1, 0.15) is 29.8 Å². The van der Waals surface area contributed by atoms with Crippen molar-refractivity contribution in [3.05, 3.63) is 23.3 Å². The third-order valence-electron chi connectivity index (χ3n) is 2.52. The van der Waals surface area contributed by atoms with Crippen LogP contribution in [0.2, 0.25) is 0 Å². The Labute approximate surface area is 105 Å². The number of benzene rings is 1. The van der Waals surface area contributed by atoms with E-state index in [9.17, 15) is 14.7 Å². The van der Waals surface area contributed by atoms with Gasteiger partial charge in [-0.1, -0.05) is 13.0 Å². The number of methoxy groups -OCH3 is 1. The molecule has 0 heterocycles. The minimum atomic E-state index is -0.976. The van der Waals surface area contributed by atoms with Crippen molar-refractivity contribution in [2.75, 3.05) is 13.7 Å². The fourth-order valence-electron chi connectivity index (χ4n) is 1.63. The quantitative estimate of drug-likeness (QED) is 0.490. The molecule has 0 saturated carbocycles. The van der Waals surface area contributed by atoms with Gasteiger partial charge in [0.1, 0.15) is 0 Å². The lowest BCUT2D eigenvalue weighted by atomic mass is 9.99. The first-order valence-electron chi connectivity index (χ1n) is 5.67. The summed E-state index contributed by atoms with van der Waals surface area (Å²) in [6, 6.07) is 3.20. The molecule has 0 aromatic heterocycles. The maximum atomic E-state index is 11.9. The number of carbonyl (C=O) groups excluding carboxylic acids is 2. The van der Waals surface area contributed by atoms with Gasteiger partial charge in [0, 0.05) is 0 Å². The highest BCUT2D eigenvalue weighted by atomic mass is 16.5. The number of ketones is 1. The Hall–Kier alpha value is -2.04. The van der Waals surface area contributed by atoms with Crippen molar-refractivity contribution in [3.8, 4) is 11.5 Å². The van der Waals surface area contributed by atoms with E-state index in [-0.39, 0.29) is 23.7 Å². The predicted molar refractivity (Wildman–Crippen MR) is 65.0 cm³/mol. The van der Waals surface area contributed by atoms with Crippen LogP contribution in [0.4, 0.5) is 0 Å². The van der Waals surface area contributed by atoms with E-state index < -0.39 is 11.8 Å². The van der Waals surface area contributed by atoms with Gasteiger partial charge >= 0.3 is 5.97 Å². The molecule has 0 aliphatic heterocycles. The van der Waals surface area contributed by atoms with E-state index in [2.05, 4.69) is 4.74 Å². The maximum absolute atomic E-state index is 11.9. The molecule has 5 nitrogen and oxygen atoms in total. The lowest BCUT2D eigenvalue weighted by molar-refractivity contribution is -0.137. The average molecular weight is 252 g/mol. The van der Waals surface area contributed by atoms with Crippen molar-refractivity contribution in [3.63, 3.8) is 0 Å². The number of esters is 1. The van der Waals surface area contributed by atoms with Crippen LogP contribution < -0.4 is 4.74 Å². The Balaban J connectivity index is 3.28. The van der Waals surface area contributed by atoms with Gasteiger partial charge in [-0.05, 0) is 25.0 Å². The van der Waals surface area contributed by atoms with E-state index in [1.54, 1.807) is 19.1 Å². The Morgan fingerprint density at radius 1 is 1.28 bits per heavy atom. The summed E-state index contributed by atoms with van der Waals surface area (Å²) < 4.78 is 9.57. The highest BCUT2D eigenvalue weighted by Gasteiger charge is 2.25. The molecule has 18 heavy (non-hydrogen) atoms. The van der Waals surface area contributed by atoms with Crippen LogP contribution >= 0.6 is 0 Å². The number of ether oxygens (including phenoxy) is 2. The summed E-state index contributed by atoms with van der Waals surface area (Å²) in [5, 5.41) is 9.93. The molecular formula is C13H16O5. The van der Waals surface area contributed by atoms with Gasteiger partial charge in [-0.15, -0.1) is 0 Å². The topological polar surface area (TPSA) is 72.8 Å². The molecule has 1 rings (SSSR count). The van der Waals surface area contributed by atoms with Crippen LogP contribution in [0.5, 0.6) is 11.5 Å². The normalized spacial score (nSPS) is 9.94. The van der Waals surface area contributed by atoms with Crippen molar-refractivity contribution < 1.29 is 24.2 Å². The fourth-order valence-corrected chi connectivity index (χ4v) is 1.63. The summed E-state index contributed by atoms with van der Waals surface area (Å²) in [6.07, 6.45) is 0.512. The number of aryl methyl sites for hydroxylation is 1. The number of carbonyl (C=O) groups is 2. The molecule has 98 valence electrons. The molecule has 5 heteroatoms. The smallest absolute Gasteiger partial charge is 0.379 e.